The Balaban J connectivity index is 2.83. The van der Waals surface area contributed by atoms with E-state index in [1.807, 2.05) is 6.92 Å². The minimum atomic E-state index is -0.412. The molecular formula is C9H12N4O2. The van der Waals surface area contributed by atoms with Gasteiger partial charge in [0.2, 0.25) is 0 Å². The molecule has 0 aliphatic carbocycles. The monoisotopic (exact) mass is 208 g/mol. The molecule has 0 saturated heterocycles. The normalized spacial score (nSPS) is 11.1. The third kappa shape index (κ3) is 1.38. The van der Waals surface area contributed by atoms with Crippen LogP contribution in [0.15, 0.2) is 15.9 Å². The first-order valence-electron chi connectivity index (χ1n) is 4.79. The zero-order valence-corrected chi connectivity index (χ0v) is 8.65. The van der Waals surface area contributed by atoms with Crippen LogP contribution in [0.25, 0.3) is 11.2 Å². The fraction of sp³-hybridized carbons (Fsp3) is 0.444. The van der Waals surface area contributed by atoms with Crippen molar-refractivity contribution in [2.75, 3.05) is 0 Å². The topological polar surface area (TPSA) is 72.7 Å². The van der Waals surface area contributed by atoms with Crippen molar-refractivity contribution in [3.63, 3.8) is 0 Å². The molecule has 1 N–H and O–H groups in total. The summed E-state index contributed by atoms with van der Waals surface area (Å²) in [6.45, 7) is 2.75. The molecule has 6 heteroatoms. The number of imidazole rings is 1. The highest BCUT2D eigenvalue weighted by Gasteiger charge is 2.09. The van der Waals surface area contributed by atoms with Crippen LogP contribution in [-0.4, -0.2) is 19.1 Å². The van der Waals surface area contributed by atoms with Crippen molar-refractivity contribution in [2.45, 2.75) is 19.9 Å². The molecule has 80 valence electrons. The predicted octanol–water partition coefficient (Wildman–Crippen LogP) is -0.167. The molecule has 2 rings (SSSR count). The van der Waals surface area contributed by atoms with Gasteiger partial charge < -0.3 is 4.57 Å². The lowest BCUT2D eigenvalue weighted by atomic mass is 10.4. The van der Waals surface area contributed by atoms with E-state index in [1.165, 1.54) is 7.05 Å². The van der Waals surface area contributed by atoms with Gasteiger partial charge in [0.1, 0.15) is 5.65 Å². The molecule has 2 heterocycles. The highest BCUT2D eigenvalue weighted by molar-refractivity contribution is 5.68. The van der Waals surface area contributed by atoms with Crippen LogP contribution < -0.4 is 11.2 Å². The zero-order valence-electron chi connectivity index (χ0n) is 8.65. The first-order valence-corrected chi connectivity index (χ1v) is 4.79. The number of nitrogens with zero attached hydrogens (tertiary/aromatic N) is 3. The van der Waals surface area contributed by atoms with E-state index in [0.29, 0.717) is 11.2 Å². The Morgan fingerprint density at radius 1 is 1.47 bits per heavy atom. The number of aryl methyl sites for hydroxylation is 1. The lowest BCUT2D eigenvalue weighted by Crippen LogP contribution is -2.32. The molecule has 0 saturated carbocycles. The summed E-state index contributed by atoms with van der Waals surface area (Å²) in [6, 6.07) is 0. The lowest BCUT2D eigenvalue weighted by Gasteiger charge is -2.01. The quantitative estimate of drug-likeness (QED) is 0.744. The third-order valence-electron chi connectivity index (χ3n) is 2.34. The van der Waals surface area contributed by atoms with Crippen LogP contribution in [0.5, 0.6) is 0 Å². The number of rotatable bonds is 2. The van der Waals surface area contributed by atoms with Crippen LogP contribution in [0.4, 0.5) is 0 Å². The molecule has 0 aromatic carbocycles. The van der Waals surface area contributed by atoms with E-state index in [2.05, 4.69) is 9.97 Å². The standard InChI is InChI=1S/C9H12N4O2/c1-3-4-13-5-10-6-7(13)11-9(15)12(2)8(6)14/h5H,3-4H2,1-2H3,(H,11,15). The van der Waals surface area contributed by atoms with Gasteiger partial charge in [-0.1, -0.05) is 6.92 Å². The predicted molar refractivity (Wildman–Crippen MR) is 55.9 cm³/mol. The minimum absolute atomic E-state index is 0.311. The van der Waals surface area contributed by atoms with Crippen molar-refractivity contribution in [1.82, 2.24) is 19.1 Å². The first kappa shape index (κ1) is 9.70. The Labute approximate surface area is 85.2 Å². The van der Waals surface area contributed by atoms with E-state index < -0.39 is 5.69 Å². The molecule has 15 heavy (non-hydrogen) atoms. The summed E-state index contributed by atoms with van der Waals surface area (Å²) in [4.78, 5) is 29.6. The molecule has 0 atom stereocenters. The third-order valence-corrected chi connectivity index (χ3v) is 2.34. The molecule has 0 bridgehead atoms. The van der Waals surface area contributed by atoms with E-state index in [1.54, 1.807) is 10.9 Å². The van der Waals surface area contributed by atoms with Gasteiger partial charge in [0.05, 0.1) is 6.33 Å². The Morgan fingerprint density at radius 3 is 2.87 bits per heavy atom. The molecule has 6 nitrogen and oxygen atoms in total. The minimum Gasteiger partial charge on any atom is -0.317 e. The van der Waals surface area contributed by atoms with Crippen molar-refractivity contribution in [3.05, 3.63) is 27.2 Å². The van der Waals surface area contributed by atoms with Crippen molar-refractivity contribution in [1.29, 1.82) is 0 Å². The van der Waals surface area contributed by atoms with Gasteiger partial charge in [0.15, 0.2) is 5.52 Å². The van der Waals surface area contributed by atoms with Crippen LogP contribution >= 0.6 is 0 Å². The Kier molecular flexibility index (Phi) is 2.18. The highest BCUT2D eigenvalue weighted by atomic mass is 16.2. The fourth-order valence-electron chi connectivity index (χ4n) is 1.52. The van der Waals surface area contributed by atoms with Gasteiger partial charge in [0.25, 0.3) is 5.56 Å². The number of hydrogen-bond donors (Lipinski definition) is 1. The molecule has 0 aliphatic heterocycles. The van der Waals surface area contributed by atoms with Gasteiger partial charge in [-0.15, -0.1) is 0 Å². The molecule has 0 radical (unpaired) electrons. The van der Waals surface area contributed by atoms with Crippen LogP contribution in [0.1, 0.15) is 13.3 Å². The maximum atomic E-state index is 11.6. The van der Waals surface area contributed by atoms with Crippen molar-refractivity contribution < 1.29 is 0 Å². The maximum Gasteiger partial charge on any atom is 0.329 e. The van der Waals surface area contributed by atoms with E-state index in [0.717, 1.165) is 17.5 Å². The summed E-state index contributed by atoms with van der Waals surface area (Å²) in [5, 5.41) is 0. The van der Waals surface area contributed by atoms with Crippen molar-refractivity contribution in [3.8, 4) is 0 Å². The second-order valence-electron chi connectivity index (χ2n) is 3.43. The summed E-state index contributed by atoms with van der Waals surface area (Å²) < 4.78 is 2.80. The second-order valence-corrected chi connectivity index (χ2v) is 3.43. The van der Waals surface area contributed by atoms with Crippen molar-refractivity contribution >= 4 is 11.2 Å². The maximum absolute atomic E-state index is 11.6. The van der Waals surface area contributed by atoms with Gasteiger partial charge in [-0.3, -0.25) is 14.3 Å². The van der Waals surface area contributed by atoms with Crippen LogP contribution in [0.2, 0.25) is 0 Å². The molecule has 0 spiro atoms. The van der Waals surface area contributed by atoms with Crippen LogP contribution in [0.3, 0.4) is 0 Å². The Morgan fingerprint density at radius 2 is 2.20 bits per heavy atom. The smallest absolute Gasteiger partial charge is 0.317 e. The van der Waals surface area contributed by atoms with Crippen LogP contribution in [-0.2, 0) is 13.6 Å². The van der Waals surface area contributed by atoms with E-state index in [4.69, 9.17) is 0 Å². The summed E-state index contributed by atoms with van der Waals surface area (Å²) in [5.41, 5.74) is 0.0458. The second kappa shape index (κ2) is 3.38. The Hall–Kier alpha value is -1.85. The fourth-order valence-corrected chi connectivity index (χ4v) is 1.52. The number of fused-ring (bicyclic) bond motifs is 1. The Bertz CT molecular complexity index is 605. The number of nitrogens with one attached hydrogen (secondary N) is 1. The van der Waals surface area contributed by atoms with Gasteiger partial charge in [0, 0.05) is 13.6 Å². The zero-order chi connectivity index (χ0) is 11.0. The summed E-state index contributed by atoms with van der Waals surface area (Å²) in [7, 11) is 1.43. The van der Waals surface area contributed by atoms with E-state index >= 15 is 0 Å². The molecule has 0 aliphatic rings. The van der Waals surface area contributed by atoms with Gasteiger partial charge in [-0.05, 0) is 6.42 Å². The van der Waals surface area contributed by atoms with Gasteiger partial charge in [-0.25, -0.2) is 9.78 Å². The first-order chi connectivity index (χ1) is 7.15. The molecular weight excluding hydrogens is 196 g/mol. The molecule has 0 unspecified atom stereocenters. The number of hydrogen-bond acceptors (Lipinski definition) is 3. The summed E-state index contributed by atoms with van der Waals surface area (Å²) in [6.07, 6.45) is 2.49. The molecule has 2 aromatic heterocycles. The van der Waals surface area contributed by atoms with Crippen LogP contribution in [0, 0.1) is 0 Å². The number of aromatic amines is 1. The van der Waals surface area contributed by atoms with Gasteiger partial charge in [-0.2, -0.15) is 0 Å². The van der Waals surface area contributed by atoms with E-state index in [9.17, 15) is 9.59 Å². The number of H-pyrrole nitrogens is 1. The summed E-state index contributed by atoms with van der Waals surface area (Å²) in [5.74, 6) is 0. The molecule has 2 aromatic rings. The number of aromatic nitrogens is 4. The average Bonchev–Trinajstić information content (AvgIpc) is 2.59. The SMILES string of the molecule is CCCn1cnc2c(=O)n(C)c(=O)[nH]c21. The molecule has 0 fully saturated rings. The molecule has 0 amide bonds. The lowest BCUT2D eigenvalue weighted by molar-refractivity contribution is 0.686. The largest absolute Gasteiger partial charge is 0.329 e. The van der Waals surface area contributed by atoms with Crippen molar-refractivity contribution in [2.24, 2.45) is 7.05 Å². The highest BCUT2D eigenvalue weighted by Crippen LogP contribution is 2.03. The average molecular weight is 208 g/mol. The summed E-state index contributed by atoms with van der Waals surface area (Å²) >= 11 is 0. The van der Waals surface area contributed by atoms with Gasteiger partial charge >= 0.3 is 5.69 Å². The van der Waals surface area contributed by atoms with E-state index in [-0.39, 0.29) is 5.56 Å².